The van der Waals surface area contributed by atoms with Gasteiger partial charge in [-0.05, 0) is 69.2 Å². The first-order valence-electron chi connectivity index (χ1n) is 7.95. The van der Waals surface area contributed by atoms with Crippen molar-refractivity contribution in [1.82, 2.24) is 9.55 Å². The fraction of sp³-hybridized carbons (Fsp3) is 0.200. The lowest BCUT2D eigenvalue weighted by atomic mass is 10.2. The molecular weight excluding hydrogens is 298 g/mol. The molecule has 4 nitrogen and oxygen atoms in total. The minimum Gasteiger partial charge on any atom is -0.318 e. The van der Waals surface area contributed by atoms with Crippen LogP contribution in [0.4, 0.5) is 5.82 Å². The van der Waals surface area contributed by atoms with Gasteiger partial charge in [-0.25, -0.2) is 4.98 Å². The number of aryl methyl sites for hydroxylation is 3. The SMILES string of the molecule is Cc1cccc(-n2c(C)cc(C(=O)Nc3cc(C)ccn3)c2C)c1. The van der Waals surface area contributed by atoms with Gasteiger partial charge in [0.05, 0.1) is 5.56 Å². The van der Waals surface area contributed by atoms with Crippen LogP contribution in [-0.4, -0.2) is 15.5 Å². The summed E-state index contributed by atoms with van der Waals surface area (Å²) in [5.41, 5.74) is 5.93. The van der Waals surface area contributed by atoms with Gasteiger partial charge in [-0.3, -0.25) is 4.79 Å². The molecule has 1 N–H and O–H groups in total. The molecule has 122 valence electrons. The van der Waals surface area contributed by atoms with E-state index >= 15 is 0 Å². The Morgan fingerprint density at radius 2 is 1.75 bits per heavy atom. The molecule has 0 unspecified atom stereocenters. The molecule has 0 atom stereocenters. The standard InChI is InChI=1S/C20H21N3O/c1-13-6-5-7-17(10-13)23-15(3)12-18(16(23)4)20(24)22-19-11-14(2)8-9-21-19/h5-12H,1-4H3,(H,21,22,24). The highest BCUT2D eigenvalue weighted by atomic mass is 16.1. The van der Waals surface area contributed by atoms with Crippen LogP contribution in [0.2, 0.25) is 0 Å². The van der Waals surface area contributed by atoms with Gasteiger partial charge in [0, 0.05) is 23.3 Å². The lowest BCUT2D eigenvalue weighted by molar-refractivity contribution is 0.102. The van der Waals surface area contributed by atoms with Crippen LogP contribution in [0.3, 0.4) is 0 Å². The number of anilines is 1. The second kappa shape index (κ2) is 6.32. The Morgan fingerprint density at radius 1 is 1.00 bits per heavy atom. The Balaban J connectivity index is 1.95. The number of hydrogen-bond donors (Lipinski definition) is 1. The van der Waals surface area contributed by atoms with Gasteiger partial charge in [-0.2, -0.15) is 0 Å². The van der Waals surface area contributed by atoms with Crippen molar-refractivity contribution in [1.29, 1.82) is 0 Å². The molecule has 2 heterocycles. The molecule has 1 amide bonds. The van der Waals surface area contributed by atoms with Crippen LogP contribution < -0.4 is 5.32 Å². The first-order chi connectivity index (χ1) is 11.5. The topological polar surface area (TPSA) is 46.9 Å². The van der Waals surface area contributed by atoms with Crippen LogP contribution in [0.5, 0.6) is 0 Å². The van der Waals surface area contributed by atoms with Crippen LogP contribution in [0.1, 0.15) is 32.9 Å². The number of benzene rings is 1. The number of carbonyl (C=O) groups is 1. The Kier molecular flexibility index (Phi) is 4.21. The Labute approximate surface area is 142 Å². The highest BCUT2D eigenvalue weighted by molar-refractivity contribution is 6.05. The van der Waals surface area contributed by atoms with Crippen molar-refractivity contribution in [2.24, 2.45) is 0 Å². The molecule has 3 rings (SSSR count). The monoisotopic (exact) mass is 319 g/mol. The van der Waals surface area contributed by atoms with Gasteiger partial charge in [-0.15, -0.1) is 0 Å². The average Bonchev–Trinajstić information content (AvgIpc) is 2.82. The first-order valence-corrected chi connectivity index (χ1v) is 7.95. The van der Waals surface area contributed by atoms with Gasteiger partial charge >= 0.3 is 0 Å². The third-order valence-corrected chi connectivity index (χ3v) is 4.09. The number of amides is 1. The molecule has 0 saturated carbocycles. The molecule has 0 spiro atoms. The molecule has 3 aromatic rings. The predicted octanol–water partition coefficient (Wildman–Crippen LogP) is 4.36. The maximum atomic E-state index is 12.6. The molecule has 0 aliphatic rings. The van der Waals surface area contributed by atoms with E-state index in [1.165, 1.54) is 5.56 Å². The quantitative estimate of drug-likeness (QED) is 0.780. The zero-order chi connectivity index (χ0) is 17.3. The van der Waals surface area contributed by atoms with Crippen LogP contribution in [0, 0.1) is 27.7 Å². The van der Waals surface area contributed by atoms with E-state index in [9.17, 15) is 4.79 Å². The lowest BCUT2D eigenvalue weighted by Gasteiger charge is -2.11. The number of carbonyl (C=O) groups excluding carboxylic acids is 1. The summed E-state index contributed by atoms with van der Waals surface area (Å²) in [6, 6.07) is 13.9. The molecule has 0 radical (unpaired) electrons. The number of aromatic nitrogens is 2. The summed E-state index contributed by atoms with van der Waals surface area (Å²) in [5.74, 6) is 0.431. The molecule has 0 aliphatic heterocycles. The summed E-state index contributed by atoms with van der Waals surface area (Å²) in [4.78, 5) is 16.8. The molecule has 0 bridgehead atoms. The van der Waals surface area contributed by atoms with Crippen molar-refractivity contribution in [3.05, 3.63) is 76.7 Å². The maximum Gasteiger partial charge on any atom is 0.258 e. The lowest BCUT2D eigenvalue weighted by Crippen LogP contribution is -2.14. The van der Waals surface area contributed by atoms with E-state index in [1.54, 1.807) is 6.20 Å². The van der Waals surface area contributed by atoms with Gasteiger partial charge in [0.25, 0.3) is 5.91 Å². The van der Waals surface area contributed by atoms with E-state index in [4.69, 9.17) is 0 Å². The van der Waals surface area contributed by atoms with Crippen LogP contribution in [0.25, 0.3) is 5.69 Å². The third-order valence-electron chi connectivity index (χ3n) is 4.09. The molecule has 0 aliphatic carbocycles. The fourth-order valence-corrected chi connectivity index (χ4v) is 2.95. The van der Waals surface area contributed by atoms with Crippen molar-refractivity contribution in [3.63, 3.8) is 0 Å². The number of nitrogens with one attached hydrogen (secondary N) is 1. The van der Waals surface area contributed by atoms with Crippen molar-refractivity contribution in [3.8, 4) is 5.69 Å². The summed E-state index contributed by atoms with van der Waals surface area (Å²) in [7, 11) is 0. The van der Waals surface area contributed by atoms with Gasteiger partial charge in [0.1, 0.15) is 5.82 Å². The average molecular weight is 319 g/mol. The third kappa shape index (κ3) is 3.08. The van der Waals surface area contributed by atoms with E-state index in [2.05, 4.69) is 40.0 Å². The molecule has 24 heavy (non-hydrogen) atoms. The van der Waals surface area contributed by atoms with Gasteiger partial charge in [-0.1, -0.05) is 12.1 Å². The van der Waals surface area contributed by atoms with E-state index in [0.717, 1.165) is 22.6 Å². The summed E-state index contributed by atoms with van der Waals surface area (Å²) in [6.07, 6.45) is 1.70. The second-order valence-corrected chi connectivity index (χ2v) is 6.13. The summed E-state index contributed by atoms with van der Waals surface area (Å²) < 4.78 is 2.10. The van der Waals surface area contributed by atoms with Crippen LogP contribution in [0.15, 0.2) is 48.7 Å². The van der Waals surface area contributed by atoms with Gasteiger partial charge in [0.15, 0.2) is 0 Å². The number of nitrogens with zero attached hydrogens (tertiary/aromatic N) is 2. The molecule has 1 aromatic carbocycles. The van der Waals surface area contributed by atoms with Crippen LogP contribution in [-0.2, 0) is 0 Å². The Hall–Kier alpha value is -2.88. The number of hydrogen-bond acceptors (Lipinski definition) is 2. The maximum absolute atomic E-state index is 12.6. The molecular formula is C20H21N3O. The molecule has 0 fully saturated rings. The van der Waals surface area contributed by atoms with Crippen LogP contribution >= 0.6 is 0 Å². The Bertz CT molecular complexity index is 909. The van der Waals surface area contributed by atoms with E-state index in [1.807, 2.05) is 45.0 Å². The van der Waals surface area contributed by atoms with Crippen molar-refractivity contribution in [2.45, 2.75) is 27.7 Å². The largest absolute Gasteiger partial charge is 0.318 e. The van der Waals surface area contributed by atoms with Gasteiger partial charge < -0.3 is 9.88 Å². The minimum absolute atomic E-state index is 0.139. The van der Waals surface area contributed by atoms with E-state index < -0.39 is 0 Å². The predicted molar refractivity (Wildman–Crippen MR) is 96.9 cm³/mol. The van der Waals surface area contributed by atoms with Crippen molar-refractivity contribution >= 4 is 11.7 Å². The zero-order valence-corrected chi connectivity index (χ0v) is 14.4. The Morgan fingerprint density at radius 3 is 2.46 bits per heavy atom. The smallest absolute Gasteiger partial charge is 0.258 e. The second-order valence-electron chi connectivity index (χ2n) is 6.13. The fourth-order valence-electron chi connectivity index (χ4n) is 2.95. The van der Waals surface area contributed by atoms with E-state index in [0.29, 0.717) is 11.4 Å². The number of pyridine rings is 1. The highest BCUT2D eigenvalue weighted by Crippen LogP contribution is 2.22. The minimum atomic E-state index is -0.139. The van der Waals surface area contributed by atoms with Crippen molar-refractivity contribution in [2.75, 3.05) is 5.32 Å². The summed E-state index contributed by atoms with van der Waals surface area (Å²) in [5, 5.41) is 2.88. The van der Waals surface area contributed by atoms with E-state index in [-0.39, 0.29) is 5.91 Å². The summed E-state index contributed by atoms with van der Waals surface area (Å²) in [6.45, 7) is 8.01. The molecule has 4 heteroatoms. The van der Waals surface area contributed by atoms with Crippen molar-refractivity contribution < 1.29 is 4.79 Å². The molecule has 0 saturated heterocycles. The zero-order valence-electron chi connectivity index (χ0n) is 14.4. The van der Waals surface area contributed by atoms with Gasteiger partial charge in [0.2, 0.25) is 0 Å². The highest BCUT2D eigenvalue weighted by Gasteiger charge is 2.17. The number of rotatable bonds is 3. The normalized spacial score (nSPS) is 10.7. The molecule has 2 aromatic heterocycles. The first kappa shape index (κ1) is 16.0. The summed E-state index contributed by atoms with van der Waals surface area (Å²) >= 11 is 0.